The number of aromatic nitrogens is 3. The lowest BCUT2D eigenvalue weighted by Gasteiger charge is -2.12. The number of ether oxygens (including phenoxy) is 3. The summed E-state index contributed by atoms with van der Waals surface area (Å²) in [4.78, 5) is 12.6. The summed E-state index contributed by atoms with van der Waals surface area (Å²) in [5.41, 5.74) is 1.04. The van der Waals surface area contributed by atoms with Crippen LogP contribution < -0.4 is 14.8 Å². The van der Waals surface area contributed by atoms with Crippen LogP contribution >= 0.6 is 0 Å². The molecule has 0 bridgehead atoms. The van der Waals surface area contributed by atoms with Gasteiger partial charge in [0.05, 0.1) is 20.3 Å². The Morgan fingerprint density at radius 3 is 3.00 bits per heavy atom. The van der Waals surface area contributed by atoms with E-state index in [-0.39, 0.29) is 6.10 Å². The van der Waals surface area contributed by atoms with Gasteiger partial charge in [-0.05, 0) is 11.6 Å². The molecule has 7 nitrogen and oxygen atoms in total. The molecule has 22 heavy (non-hydrogen) atoms. The number of hydrogen-bond acceptors (Lipinski definition) is 7. The summed E-state index contributed by atoms with van der Waals surface area (Å²) in [6.07, 6.45) is 4.38. The van der Waals surface area contributed by atoms with Gasteiger partial charge in [-0.3, -0.25) is 0 Å². The van der Waals surface area contributed by atoms with E-state index in [1.807, 2.05) is 12.1 Å². The molecule has 3 rings (SSSR count). The minimum absolute atomic E-state index is 0.0948. The highest BCUT2D eigenvalue weighted by Gasteiger charge is 2.17. The first-order valence-corrected chi connectivity index (χ1v) is 7.14. The number of anilines is 1. The maximum atomic E-state index is 5.79. The van der Waals surface area contributed by atoms with E-state index in [0.29, 0.717) is 30.9 Å². The van der Waals surface area contributed by atoms with E-state index in [4.69, 9.17) is 14.2 Å². The molecular weight excluding hydrogens is 284 g/mol. The standard InChI is InChI=1S/C15H18N4O3/c1-20-13-3-6-17-15(19-13)18-9-11-2-5-16-14(8-11)22-12-4-7-21-10-12/h2-3,5-6,8,12H,4,7,9-10H2,1H3,(H,17,18,19). The van der Waals surface area contributed by atoms with Crippen molar-refractivity contribution in [2.75, 3.05) is 25.6 Å². The molecule has 1 saturated heterocycles. The van der Waals surface area contributed by atoms with Gasteiger partial charge < -0.3 is 19.5 Å². The number of pyridine rings is 1. The maximum Gasteiger partial charge on any atom is 0.226 e. The maximum absolute atomic E-state index is 5.79. The van der Waals surface area contributed by atoms with E-state index in [1.54, 1.807) is 25.6 Å². The average molecular weight is 302 g/mol. The summed E-state index contributed by atoms with van der Waals surface area (Å²) in [6.45, 7) is 1.95. The van der Waals surface area contributed by atoms with Gasteiger partial charge >= 0.3 is 0 Å². The average Bonchev–Trinajstić information content (AvgIpc) is 3.06. The van der Waals surface area contributed by atoms with E-state index in [0.717, 1.165) is 18.6 Å². The molecule has 1 fully saturated rings. The van der Waals surface area contributed by atoms with Gasteiger partial charge in [0.15, 0.2) is 0 Å². The second-order valence-corrected chi connectivity index (χ2v) is 4.88. The first-order chi connectivity index (χ1) is 10.8. The van der Waals surface area contributed by atoms with Crippen molar-refractivity contribution in [3.8, 4) is 11.8 Å². The van der Waals surface area contributed by atoms with E-state index in [2.05, 4.69) is 20.3 Å². The second kappa shape index (κ2) is 7.04. The van der Waals surface area contributed by atoms with Gasteiger partial charge in [0.25, 0.3) is 0 Å². The highest BCUT2D eigenvalue weighted by Crippen LogP contribution is 2.16. The van der Waals surface area contributed by atoms with E-state index >= 15 is 0 Å². The summed E-state index contributed by atoms with van der Waals surface area (Å²) < 4.78 is 16.1. The smallest absolute Gasteiger partial charge is 0.226 e. The molecule has 1 aliphatic heterocycles. The van der Waals surface area contributed by atoms with Gasteiger partial charge in [-0.15, -0.1) is 0 Å². The van der Waals surface area contributed by atoms with Crippen molar-refractivity contribution in [2.24, 2.45) is 0 Å². The number of methoxy groups -OCH3 is 1. The fourth-order valence-electron chi connectivity index (χ4n) is 2.12. The Morgan fingerprint density at radius 2 is 2.18 bits per heavy atom. The summed E-state index contributed by atoms with van der Waals surface area (Å²) in [7, 11) is 1.57. The van der Waals surface area contributed by atoms with Crippen molar-refractivity contribution in [3.05, 3.63) is 36.2 Å². The molecule has 0 radical (unpaired) electrons. The molecule has 2 aromatic heterocycles. The van der Waals surface area contributed by atoms with Crippen LogP contribution in [0.1, 0.15) is 12.0 Å². The molecule has 3 heterocycles. The van der Waals surface area contributed by atoms with Crippen molar-refractivity contribution >= 4 is 5.95 Å². The Bertz CT molecular complexity index is 617. The largest absolute Gasteiger partial charge is 0.481 e. The predicted octanol–water partition coefficient (Wildman–Crippen LogP) is 1.66. The molecule has 1 aliphatic rings. The van der Waals surface area contributed by atoms with Crippen LogP contribution in [0.4, 0.5) is 5.95 Å². The normalized spacial score (nSPS) is 17.2. The lowest BCUT2D eigenvalue weighted by atomic mass is 10.2. The highest BCUT2D eigenvalue weighted by molar-refractivity contribution is 5.30. The fourth-order valence-corrected chi connectivity index (χ4v) is 2.12. The van der Waals surface area contributed by atoms with E-state index < -0.39 is 0 Å². The Morgan fingerprint density at radius 1 is 1.27 bits per heavy atom. The van der Waals surface area contributed by atoms with Crippen LogP contribution in [0.15, 0.2) is 30.6 Å². The predicted molar refractivity (Wildman–Crippen MR) is 80.0 cm³/mol. The van der Waals surface area contributed by atoms with Crippen molar-refractivity contribution in [1.29, 1.82) is 0 Å². The SMILES string of the molecule is COc1ccnc(NCc2ccnc(OC3CCOC3)c2)n1. The third-order valence-electron chi connectivity index (χ3n) is 3.26. The Kier molecular flexibility index (Phi) is 4.65. The van der Waals surface area contributed by atoms with Crippen LogP contribution in [0.5, 0.6) is 11.8 Å². The molecule has 0 spiro atoms. The van der Waals surface area contributed by atoms with Crippen LogP contribution in [-0.4, -0.2) is 41.4 Å². The van der Waals surface area contributed by atoms with Crippen molar-refractivity contribution in [3.63, 3.8) is 0 Å². The van der Waals surface area contributed by atoms with Crippen LogP contribution in [0.3, 0.4) is 0 Å². The van der Waals surface area contributed by atoms with Gasteiger partial charge in [-0.25, -0.2) is 9.97 Å². The summed E-state index contributed by atoms with van der Waals surface area (Å²) in [5.74, 6) is 1.65. The minimum Gasteiger partial charge on any atom is -0.481 e. The zero-order chi connectivity index (χ0) is 15.2. The molecule has 0 amide bonds. The molecule has 0 aromatic carbocycles. The number of rotatable bonds is 6. The number of nitrogens with zero attached hydrogens (tertiary/aromatic N) is 3. The summed E-state index contributed by atoms with van der Waals surface area (Å²) >= 11 is 0. The van der Waals surface area contributed by atoms with Crippen LogP contribution in [0.25, 0.3) is 0 Å². The van der Waals surface area contributed by atoms with Gasteiger partial charge in [0.2, 0.25) is 17.7 Å². The van der Waals surface area contributed by atoms with Gasteiger partial charge in [-0.1, -0.05) is 0 Å². The van der Waals surface area contributed by atoms with Gasteiger partial charge in [-0.2, -0.15) is 4.98 Å². The van der Waals surface area contributed by atoms with Crippen LogP contribution in [0.2, 0.25) is 0 Å². The molecule has 116 valence electrons. The summed E-state index contributed by atoms with van der Waals surface area (Å²) in [6, 6.07) is 5.53. The first-order valence-electron chi connectivity index (χ1n) is 7.14. The van der Waals surface area contributed by atoms with Gasteiger partial charge in [0.1, 0.15) is 6.10 Å². The summed E-state index contributed by atoms with van der Waals surface area (Å²) in [5, 5.41) is 3.15. The minimum atomic E-state index is 0.0948. The molecule has 1 unspecified atom stereocenters. The lowest BCUT2D eigenvalue weighted by Crippen LogP contribution is -2.16. The molecule has 0 saturated carbocycles. The zero-order valence-corrected chi connectivity index (χ0v) is 12.4. The second-order valence-electron chi connectivity index (χ2n) is 4.88. The molecular formula is C15H18N4O3. The topological polar surface area (TPSA) is 78.4 Å². The number of nitrogens with one attached hydrogen (secondary N) is 1. The monoisotopic (exact) mass is 302 g/mol. The van der Waals surface area contributed by atoms with Crippen molar-refractivity contribution in [1.82, 2.24) is 15.0 Å². The van der Waals surface area contributed by atoms with Crippen LogP contribution in [-0.2, 0) is 11.3 Å². The molecule has 2 aromatic rings. The van der Waals surface area contributed by atoms with Crippen molar-refractivity contribution < 1.29 is 14.2 Å². The van der Waals surface area contributed by atoms with E-state index in [9.17, 15) is 0 Å². The molecule has 1 N–H and O–H groups in total. The molecule has 1 atom stereocenters. The third-order valence-corrected chi connectivity index (χ3v) is 3.26. The lowest BCUT2D eigenvalue weighted by molar-refractivity contribution is 0.138. The van der Waals surface area contributed by atoms with Crippen molar-refractivity contribution in [2.45, 2.75) is 19.1 Å². The van der Waals surface area contributed by atoms with Crippen LogP contribution in [0, 0.1) is 0 Å². The van der Waals surface area contributed by atoms with E-state index in [1.165, 1.54) is 0 Å². The first kappa shape index (κ1) is 14.5. The number of hydrogen-bond donors (Lipinski definition) is 1. The van der Waals surface area contributed by atoms with Gasteiger partial charge in [0, 0.05) is 37.5 Å². The third kappa shape index (κ3) is 3.82. The molecule has 0 aliphatic carbocycles. The molecule has 7 heteroatoms. The highest BCUT2D eigenvalue weighted by atomic mass is 16.5. The Labute approximate surface area is 128 Å². The zero-order valence-electron chi connectivity index (χ0n) is 12.4. The fraction of sp³-hybridized carbons (Fsp3) is 0.400. The quantitative estimate of drug-likeness (QED) is 0.869. The Balaban J connectivity index is 1.59. The Hall–Kier alpha value is -2.41.